The van der Waals surface area contributed by atoms with Gasteiger partial charge in [-0.1, -0.05) is 0 Å². The normalized spacial score (nSPS) is 21.6. The molecule has 1 aliphatic heterocycles. The number of morpholine rings is 1. The molecule has 0 saturated carbocycles. The van der Waals surface area contributed by atoms with Crippen molar-refractivity contribution in [3.05, 3.63) is 40.7 Å². The van der Waals surface area contributed by atoms with E-state index in [-0.39, 0.29) is 30.0 Å². The van der Waals surface area contributed by atoms with Crippen molar-refractivity contribution in [1.82, 2.24) is 14.5 Å². The van der Waals surface area contributed by atoms with Gasteiger partial charge in [-0.25, -0.2) is 9.37 Å². The Labute approximate surface area is 132 Å². The van der Waals surface area contributed by atoms with E-state index in [9.17, 15) is 14.0 Å². The monoisotopic (exact) mass is 319 g/mol. The summed E-state index contributed by atoms with van der Waals surface area (Å²) in [7, 11) is 0. The van der Waals surface area contributed by atoms with E-state index in [0.29, 0.717) is 18.6 Å². The molecule has 0 bridgehead atoms. The maximum Gasteiger partial charge on any atom is 0.261 e. The number of amides is 1. The van der Waals surface area contributed by atoms with Crippen LogP contribution in [0.15, 0.2) is 29.3 Å². The van der Waals surface area contributed by atoms with Crippen molar-refractivity contribution in [2.45, 2.75) is 32.6 Å². The highest BCUT2D eigenvalue weighted by Crippen LogP contribution is 2.12. The predicted molar refractivity (Wildman–Crippen MR) is 82.6 cm³/mol. The minimum Gasteiger partial charge on any atom is -0.372 e. The SMILES string of the molecule is C[C@H]1CN(C(=O)Cn2cnc3ccc(F)cc3c2=O)C[C@H](C)O1. The molecule has 2 heterocycles. The molecule has 1 aromatic heterocycles. The number of ether oxygens (including phenoxy) is 1. The van der Waals surface area contributed by atoms with Crippen LogP contribution in [0.2, 0.25) is 0 Å². The summed E-state index contributed by atoms with van der Waals surface area (Å²) < 4.78 is 20.1. The quantitative estimate of drug-likeness (QED) is 0.833. The maximum atomic E-state index is 13.3. The van der Waals surface area contributed by atoms with Gasteiger partial charge >= 0.3 is 0 Å². The Bertz CT molecular complexity index is 795. The molecule has 1 saturated heterocycles. The van der Waals surface area contributed by atoms with Crippen molar-refractivity contribution in [2.75, 3.05) is 13.1 Å². The molecule has 23 heavy (non-hydrogen) atoms. The van der Waals surface area contributed by atoms with Gasteiger partial charge in [-0.3, -0.25) is 14.2 Å². The second kappa shape index (κ2) is 6.08. The number of carbonyl (C=O) groups excluding carboxylic acids is 1. The van der Waals surface area contributed by atoms with E-state index in [1.165, 1.54) is 23.0 Å². The lowest BCUT2D eigenvalue weighted by Gasteiger charge is -2.35. The molecule has 1 fully saturated rings. The standard InChI is InChI=1S/C16H18FN3O3/c1-10-6-19(7-11(2)23-10)15(21)8-20-9-18-14-4-3-12(17)5-13(14)16(20)22/h3-5,9-11H,6-8H2,1-2H3/t10-,11-/m0/s1. The summed E-state index contributed by atoms with van der Waals surface area (Å²) in [6.07, 6.45) is 1.25. The third-order valence-corrected chi connectivity index (χ3v) is 3.86. The first kappa shape index (κ1) is 15.6. The number of aromatic nitrogens is 2. The first-order valence-corrected chi connectivity index (χ1v) is 7.52. The summed E-state index contributed by atoms with van der Waals surface area (Å²) in [6, 6.07) is 3.84. The minimum absolute atomic E-state index is 0.0387. The van der Waals surface area contributed by atoms with Crippen molar-refractivity contribution >= 4 is 16.8 Å². The van der Waals surface area contributed by atoms with Gasteiger partial charge < -0.3 is 9.64 Å². The molecule has 2 aromatic rings. The van der Waals surface area contributed by atoms with Crippen LogP contribution in [0.25, 0.3) is 10.9 Å². The lowest BCUT2D eigenvalue weighted by Crippen LogP contribution is -2.49. The van der Waals surface area contributed by atoms with Crippen LogP contribution in [-0.2, 0) is 16.1 Å². The van der Waals surface area contributed by atoms with E-state index in [1.807, 2.05) is 13.8 Å². The van der Waals surface area contributed by atoms with Crippen LogP contribution in [0.1, 0.15) is 13.8 Å². The molecular weight excluding hydrogens is 301 g/mol. The largest absolute Gasteiger partial charge is 0.372 e. The first-order valence-electron chi connectivity index (χ1n) is 7.52. The van der Waals surface area contributed by atoms with Crippen LogP contribution >= 0.6 is 0 Å². The summed E-state index contributed by atoms with van der Waals surface area (Å²) in [6.45, 7) is 4.68. The van der Waals surface area contributed by atoms with Crippen LogP contribution in [-0.4, -0.2) is 45.7 Å². The van der Waals surface area contributed by atoms with Gasteiger partial charge in [0.25, 0.3) is 5.56 Å². The highest BCUT2D eigenvalue weighted by Gasteiger charge is 2.26. The zero-order valence-electron chi connectivity index (χ0n) is 13.0. The topological polar surface area (TPSA) is 64.4 Å². The zero-order chi connectivity index (χ0) is 16.6. The third-order valence-electron chi connectivity index (χ3n) is 3.86. The average Bonchev–Trinajstić information content (AvgIpc) is 2.49. The van der Waals surface area contributed by atoms with Crippen LogP contribution in [0.3, 0.4) is 0 Å². The average molecular weight is 319 g/mol. The molecule has 0 spiro atoms. The highest BCUT2D eigenvalue weighted by atomic mass is 19.1. The Balaban J connectivity index is 1.85. The fourth-order valence-corrected chi connectivity index (χ4v) is 2.87. The lowest BCUT2D eigenvalue weighted by molar-refractivity contribution is -0.143. The van der Waals surface area contributed by atoms with E-state index < -0.39 is 11.4 Å². The Morgan fingerprint density at radius 2 is 2.04 bits per heavy atom. The molecule has 0 N–H and O–H groups in total. The number of carbonyl (C=O) groups is 1. The van der Waals surface area contributed by atoms with E-state index in [4.69, 9.17) is 4.74 Å². The van der Waals surface area contributed by atoms with Gasteiger partial charge in [0.05, 0.1) is 29.4 Å². The Hall–Kier alpha value is -2.28. The molecule has 0 radical (unpaired) electrons. The number of nitrogens with zero attached hydrogens (tertiary/aromatic N) is 3. The number of rotatable bonds is 2. The predicted octanol–water partition coefficient (Wildman–Crippen LogP) is 1.17. The van der Waals surface area contributed by atoms with E-state index >= 15 is 0 Å². The Morgan fingerprint density at radius 1 is 1.35 bits per heavy atom. The fourth-order valence-electron chi connectivity index (χ4n) is 2.87. The van der Waals surface area contributed by atoms with Crippen LogP contribution in [0.5, 0.6) is 0 Å². The van der Waals surface area contributed by atoms with Gasteiger partial charge in [0.1, 0.15) is 12.4 Å². The van der Waals surface area contributed by atoms with Gasteiger partial charge in [0.2, 0.25) is 5.91 Å². The van der Waals surface area contributed by atoms with Gasteiger partial charge in [-0.15, -0.1) is 0 Å². The van der Waals surface area contributed by atoms with E-state index in [0.717, 1.165) is 6.07 Å². The van der Waals surface area contributed by atoms with Crippen LogP contribution in [0.4, 0.5) is 4.39 Å². The molecule has 122 valence electrons. The van der Waals surface area contributed by atoms with Gasteiger partial charge in [0.15, 0.2) is 0 Å². The van der Waals surface area contributed by atoms with Gasteiger partial charge in [0, 0.05) is 13.1 Å². The number of halogens is 1. The summed E-state index contributed by atoms with van der Waals surface area (Å²) in [5, 5.41) is 0.170. The maximum absolute atomic E-state index is 13.3. The van der Waals surface area contributed by atoms with Crippen molar-refractivity contribution < 1.29 is 13.9 Å². The summed E-state index contributed by atoms with van der Waals surface area (Å²) in [5.41, 5.74) is -0.00841. The molecule has 1 amide bonds. The van der Waals surface area contributed by atoms with E-state index in [1.54, 1.807) is 4.90 Å². The Morgan fingerprint density at radius 3 is 2.74 bits per heavy atom. The molecule has 7 heteroatoms. The summed E-state index contributed by atoms with van der Waals surface area (Å²) >= 11 is 0. The molecule has 0 aliphatic carbocycles. The van der Waals surface area contributed by atoms with Gasteiger partial charge in [-0.2, -0.15) is 0 Å². The first-order chi connectivity index (χ1) is 10.9. The molecule has 2 atom stereocenters. The fraction of sp³-hybridized carbons (Fsp3) is 0.438. The second-order valence-corrected chi connectivity index (χ2v) is 5.90. The van der Waals surface area contributed by atoms with E-state index in [2.05, 4.69) is 4.98 Å². The molecule has 3 rings (SSSR count). The van der Waals surface area contributed by atoms with Crippen LogP contribution in [0, 0.1) is 5.82 Å². The van der Waals surface area contributed by atoms with Crippen LogP contribution < -0.4 is 5.56 Å². The number of hydrogen-bond acceptors (Lipinski definition) is 4. The number of hydrogen-bond donors (Lipinski definition) is 0. The number of fused-ring (bicyclic) bond motifs is 1. The third kappa shape index (κ3) is 3.24. The summed E-state index contributed by atoms with van der Waals surface area (Å²) in [5.74, 6) is -0.678. The molecule has 6 nitrogen and oxygen atoms in total. The molecular formula is C16H18FN3O3. The van der Waals surface area contributed by atoms with Crippen molar-refractivity contribution in [2.24, 2.45) is 0 Å². The molecule has 0 unspecified atom stereocenters. The number of benzene rings is 1. The molecule has 1 aliphatic rings. The van der Waals surface area contributed by atoms with Gasteiger partial charge in [-0.05, 0) is 32.0 Å². The Kier molecular flexibility index (Phi) is 4.12. The molecule has 1 aromatic carbocycles. The van der Waals surface area contributed by atoms with Crippen molar-refractivity contribution in [3.8, 4) is 0 Å². The smallest absolute Gasteiger partial charge is 0.261 e. The second-order valence-electron chi connectivity index (χ2n) is 5.90. The van der Waals surface area contributed by atoms with Crippen molar-refractivity contribution in [3.63, 3.8) is 0 Å². The lowest BCUT2D eigenvalue weighted by atomic mass is 10.2. The minimum atomic E-state index is -0.503. The highest BCUT2D eigenvalue weighted by molar-refractivity contribution is 5.79. The van der Waals surface area contributed by atoms with Crippen molar-refractivity contribution in [1.29, 1.82) is 0 Å². The summed E-state index contributed by atoms with van der Waals surface area (Å²) in [4.78, 5) is 30.6. The zero-order valence-corrected chi connectivity index (χ0v) is 13.0.